The first kappa shape index (κ1) is 23.3. The van der Waals surface area contributed by atoms with Gasteiger partial charge in [0, 0.05) is 25.6 Å². The van der Waals surface area contributed by atoms with Crippen LogP contribution in [0.25, 0.3) is 5.69 Å². The van der Waals surface area contributed by atoms with Crippen LogP contribution in [0.3, 0.4) is 0 Å². The molecule has 0 unspecified atom stereocenters. The summed E-state index contributed by atoms with van der Waals surface area (Å²) in [6.07, 6.45) is 3.85. The van der Waals surface area contributed by atoms with E-state index in [1.807, 2.05) is 15.3 Å². The van der Waals surface area contributed by atoms with E-state index in [4.69, 9.17) is 12.2 Å². The van der Waals surface area contributed by atoms with E-state index in [1.54, 1.807) is 18.5 Å². The van der Waals surface area contributed by atoms with Gasteiger partial charge in [-0.3, -0.25) is 14.3 Å². The van der Waals surface area contributed by atoms with Crippen molar-refractivity contribution < 1.29 is 9.18 Å². The summed E-state index contributed by atoms with van der Waals surface area (Å²) in [5, 5.41) is 7.47. The Morgan fingerprint density at radius 2 is 1.94 bits per heavy atom. The Balaban J connectivity index is 1.27. The monoisotopic (exact) mass is 467 g/mol. The van der Waals surface area contributed by atoms with Gasteiger partial charge in [0.15, 0.2) is 0 Å². The molecule has 33 heavy (non-hydrogen) atoms. The Kier molecular flexibility index (Phi) is 7.35. The van der Waals surface area contributed by atoms with Crippen LogP contribution in [0.4, 0.5) is 4.39 Å². The molecule has 0 spiro atoms. The minimum atomic E-state index is -0.223. The topological polar surface area (TPSA) is 55.1 Å². The zero-order chi connectivity index (χ0) is 23.4. The van der Waals surface area contributed by atoms with E-state index in [9.17, 15) is 9.18 Å². The van der Waals surface area contributed by atoms with Crippen LogP contribution in [0.2, 0.25) is 0 Å². The molecule has 174 valence electrons. The minimum Gasteiger partial charge on any atom is -0.356 e. The highest BCUT2D eigenvalue weighted by atomic mass is 32.1. The number of amides is 1. The van der Waals surface area contributed by atoms with Crippen molar-refractivity contribution in [2.45, 2.75) is 39.8 Å². The Hall–Kier alpha value is -2.84. The molecule has 1 aromatic heterocycles. The van der Waals surface area contributed by atoms with Crippen molar-refractivity contribution in [1.29, 1.82) is 0 Å². The number of benzene rings is 2. The van der Waals surface area contributed by atoms with E-state index in [2.05, 4.69) is 47.4 Å². The molecule has 2 aromatic carbocycles. The summed E-state index contributed by atoms with van der Waals surface area (Å²) in [5.74, 6) is -0.178. The zero-order valence-corrected chi connectivity index (χ0v) is 19.9. The number of aryl methyl sites for hydroxylation is 2. The maximum atomic E-state index is 13.7. The van der Waals surface area contributed by atoms with Crippen molar-refractivity contribution in [2.24, 2.45) is 5.92 Å². The molecule has 6 nitrogen and oxygen atoms in total. The molecule has 1 aliphatic heterocycles. The van der Waals surface area contributed by atoms with Crippen molar-refractivity contribution in [3.05, 3.63) is 76.1 Å². The Morgan fingerprint density at radius 1 is 1.18 bits per heavy atom. The van der Waals surface area contributed by atoms with Crippen LogP contribution >= 0.6 is 12.2 Å². The van der Waals surface area contributed by atoms with Gasteiger partial charge in [-0.1, -0.05) is 35.9 Å². The van der Waals surface area contributed by atoms with Gasteiger partial charge in [-0.2, -0.15) is 5.10 Å². The number of likely N-dealkylation sites (tertiary alicyclic amines) is 1. The van der Waals surface area contributed by atoms with E-state index >= 15 is 0 Å². The molecule has 3 aromatic rings. The van der Waals surface area contributed by atoms with E-state index in [0.717, 1.165) is 37.2 Å². The molecule has 0 bridgehead atoms. The summed E-state index contributed by atoms with van der Waals surface area (Å²) in [5.41, 5.74) is 4.05. The van der Waals surface area contributed by atoms with Crippen molar-refractivity contribution in [2.75, 3.05) is 19.6 Å². The number of nitrogens with one attached hydrogen (secondary N) is 1. The number of halogens is 1. The Labute approximate surface area is 199 Å². The fraction of sp³-hybridized carbons (Fsp3) is 0.400. The Bertz CT molecular complexity index is 1180. The van der Waals surface area contributed by atoms with Gasteiger partial charge >= 0.3 is 0 Å². The Morgan fingerprint density at radius 3 is 2.67 bits per heavy atom. The quantitative estimate of drug-likeness (QED) is 0.530. The predicted octanol–water partition coefficient (Wildman–Crippen LogP) is 4.19. The van der Waals surface area contributed by atoms with E-state index in [1.165, 1.54) is 11.6 Å². The smallest absolute Gasteiger partial charge is 0.223 e. The van der Waals surface area contributed by atoms with Gasteiger partial charge in [0.1, 0.15) is 12.1 Å². The number of aromatic nitrogens is 3. The lowest BCUT2D eigenvalue weighted by Crippen LogP contribution is -2.41. The molecule has 0 aliphatic carbocycles. The second kappa shape index (κ2) is 10.4. The second-order valence-electron chi connectivity index (χ2n) is 8.74. The van der Waals surface area contributed by atoms with Gasteiger partial charge in [0.2, 0.25) is 10.7 Å². The molecule has 1 saturated heterocycles. The van der Waals surface area contributed by atoms with Crippen molar-refractivity contribution in [3.63, 3.8) is 0 Å². The third kappa shape index (κ3) is 5.57. The molecule has 0 atom stereocenters. The fourth-order valence-corrected chi connectivity index (χ4v) is 4.62. The summed E-state index contributed by atoms with van der Waals surface area (Å²) >= 11 is 5.68. The lowest BCUT2D eigenvalue weighted by atomic mass is 9.96. The molecule has 0 saturated carbocycles. The highest BCUT2D eigenvalue weighted by Gasteiger charge is 2.25. The number of nitrogens with zero attached hydrogens (tertiary/aromatic N) is 4. The highest BCUT2D eigenvalue weighted by molar-refractivity contribution is 7.71. The number of piperidine rings is 1. The van der Waals surface area contributed by atoms with Gasteiger partial charge in [-0.05, 0) is 68.6 Å². The first-order valence-corrected chi connectivity index (χ1v) is 11.8. The maximum absolute atomic E-state index is 13.7. The first-order chi connectivity index (χ1) is 15.9. The molecule has 0 radical (unpaired) electrons. The van der Waals surface area contributed by atoms with Crippen LogP contribution < -0.4 is 5.32 Å². The number of rotatable bonds is 7. The average Bonchev–Trinajstić information content (AvgIpc) is 3.15. The largest absolute Gasteiger partial charge is 0.356 e. The zero-order valence-electron chi connectivity index (χ0n) is 19.1. The molecule has 1 N–H and O–H groups in total. The van der Waals surface area contributed by atoms with Crippen molar-refractivity contribution in [1.82, 2.24) is 24.6 Å². The standard InChI is InChI=1S/C25H30FN5OS/c1-18-7-8-23(19(2)15-18)30-16-28-31(25(30)33)17-29-13-10-21(11-14-29)24(32)27-12-9-20-5-3-4-6-22(20)26/h3-8,15-16,21H,9-14,17H2,1-2H3,(H,27,32). The minimum absolute atomic E-state index is 0.0115. The third-order valence-electron chi connectivity index (χ3n) is 6.29. The fourth-order valence-electron chi connectivity index (χ4n) is 4.37. The first-order valence-electron chi connectivity index (χ1n) is 11.4. The van der Waals surface area contributed by atoms with Crippen LogP contribution in [-0.4, -0.2) is 44.8 Å². The molecule has 1 fully saturated rings. The SMILES string of the molecule is Cc1ccc(-n2cnn(CN3CCC(C(=O)NCCc4ccccc4F)CC3)c2=S)c(C)c1. The maximum Gasteiger partial charge on any atom is 0.223 e. The average molecular weight is 468 g/mol. The molecule has 4 rings (SSSR count). The van der Waals surface area contributed by atoms with Crippen molar-refractivity contribution >= 4 is 18.1 Å². The van der Waals surface area contributed by atoms with E-state index in [0.29, 0.717) is 30.0 Å². The number of carbonyl (C=O) groups is 1. The van der Waals surface area contributed by atoms with Crippen LogP contribution in [-0.2, 0) is 17.9 Å². The summed E-state index contributed by atoms with van der Waals surface area (Å²) in [7, 11) is 0. The van der Waals surface area contributed by atoms with Crippen LogP contribution in [0, 0.1) is 30.4 Å². The van der Waals surface area contributed by atoms with Gasteiger partial charge in [0.25, 0.3) is 0 Å². The predicted molar refractivity (Wildman–Crippen MR) is 129 cm³/mol. The van der Waals surface area contributed by atoms with Crippen LogP contribution in [0.15, 0.2) is 48.8 Å². The van der Waals surface area contributed by atoms with Crippen molar-refractivity contribution in [3.8, 4) is 5.69 Å². The normalized spacial score (nSPS) is 15.0. The second-order valence-corrected chi connectivity index (χ2v) is 9.10. The van der Waals surface area contributed by atoms with E-state index < -0.39 is 0 Å². The van der Waals surface area contributed by atoms with Crippen LogP contribution in [0.5, 0.6) is 0 Å². The molecule has 1 amide bonds. The molecule has 8 heteroatoms. The van der Waals surface area contributed by atoms with E-state index in [-0.39, 0.29) is 17.6 Å². The highest BCUT2D eigenvalue weighted by Crippen LogP contribution is 2.19. The molecular formula is C25H30FN5OS. The lowest BCUT2D eigenvalue weighted by Gasteiger charge is -2.30. The van der Waals surface area contributed by atoms with Crippen LogP contribution in [0.1, 0.15) is 29.5 Å². The summed E-state index contributed by atoms with van der Waals surface area (Å²) < 4.78 is 18.2. The number of carbonyl (C=O) groups excluding carboxylic acids is 1. The van der Waals surface area contributed by atoms with Gasteiger partial charge < -0.3 is 5.32 Å². The van der Waals surface area contributed by atoms with Gasteiger partial charge in [0.05, 0.1) is 12.4 Å². The summed E-state index contributed by atoms with van der Waals surface area (Å²) in [6, 6.07) is 13.0. The summed E-state index contributed by atoms with van der Waals surface area (Å²) in [6.45, 7) is 6.83. The number of hydrogen-bond donors (Lipinski definition) is 1. The molecule has 2 heterocycles. The molecular weight excluding hydrogens is 437 g/mol. The number of hydrogen-bond acceptors (Lipinski definition) is 4. The summed E-state index contributed by atoms with van der Waals surface area (Å²) in [4.78, 5) is 14.8. The van der Waals surface area contributed by atoms with Gasteiger partial charge in [-0.15, -0.1) is 0 Å². The van der Waals surface area contributed by atoms with Gasteiger partial charge in [-0.25, -0.2) is 9.07 Å². The molecule has 1 aliphatic rings. The third-order valence-corrected chi connectivity index (χ3v) is 6.70. The lowest BCUT2D eigenvalue weighted by molar-refractivity contribution is -0.126.